The van der Waals surface area contributed by atoms with Gasteiger partial charge in [0.15, 0.2) is 0 Å². The standard InChI is InChI=1S/C13H21NS/c1-5-11-7-8-15-13(11)12(14-6-2)9-10(3)4/h7-8,12,14H,3,5-6,9H2,1-2,4H3. The minimum Gasteiger partial charge on any atom is -0.309 e. The Morgan fingerprint density at radius 2 is 2.27 bits per heavy atom. The van der Waals surface area contributed by atoms with Crippen LogP contribution in [-0.4, -0.2) is 6.54 Å². The van der Waals surface area contributed by atoms with Crippen LogP contribution in [0.2, 0.25) is 0 Å². The molecule has 15 heavy (non-hydrogen) atoms. The van der Waals surface area contributed by atoms with Crippen LogP contribution in [0.15, 0.2) is 23.6 Å². The highest BCUT2D eigenvalue weighted by Crippen LogP contribution is 2.29. The molecule has 0 radical (unpaired) electrons. The van der Waals surface area contributed by atoms with Crippen LogP contribution in [-0.2, 0) is 6.42 Å². The van der Waals surface area contributed by atoms with Gasteiger partial charge in [0.1, 0.15) is 0 Å². The first-order chi connectivity index (χ1) is 7.19. The fourth-order valence-corrected chi connectivity index (χ4v) is 2.87. The van der Waals surface area contributed by atoms with Gasteiger partial charge in [-0.25, -0.2) is 0 Å². The van der Waals surface area contributed by atoms with Gasteiger partial charge in [-0.1, -0.05) is 19.4 Å². The van der Waals surface area contributed by atoms with Crippen molar-refractivity contribution >= 4 is 11.3 Å². The molecule has 1 nitrogen and oxygen atoms in total. The highest BCUT2D eigenvalue weighted by molar-refractivity contribution is 7.10. The van der Waals surface area contributed by atoms with Gasteiger partial charge in [-0.05, 0) is 43.3 Å². The number of hydrogen-bond acceptors (Lipinski definition) is 2. The zero-order valence-corrected chi connectivity index (χ0v) is 10.8. The third-order valence-electron chi connectivity index (χ3n) is 2.48. The monoisotopic (exact) mass is 223 g/mol. The topological polar surface area (TPSA) is 12.0 Å². The van der Waals surface area contributed by atoms with Gasteiger partial charge in [0.2, 0.25) is 0 Å². The molecule has 0 bridgehead atoms. The van der Waals surface area contributed by atoms with Gasteiger partial charge in [-0.15, -0.1) is 17.9 Å². The molecule has 0 fully saturated rings. The number of thiophene rings is 1. The predicted molar refractivity (Wildman–Crippen MR) is 69.5 cm³/mol. The average molecular weight is 223 g/mol. The van der Waals surface area contributed by atoms with Crippen molar-refractivity contribution in [1.29, 1.82) is 0 Å². The third-order valence-corrected chi connectivity index (χ3v) is 3.55. The highest BCUT2D eigenvalue weighted by atomic mass is 32.1. The van der Waals surface area contributed by atoms with Crippen LogP contribution in [0, 0.1) is 0 Å². The summed E-state index contributed by atoms with van der Waals surface area (Å²) in [5.74, 6) is 0. The first kappa shape index (κ1) is 12.5. The first-order valence-electron chi connectivity index (χ1n) is 5.63. The zero-order valence-electron chi connectivity index (χ0n) is 9.97. The minimum atomic E-state index is 0.461. The summed E-state index contributed by atoms with van der Waals surface area (Å²) in [6.45, 7) is 11.5. The molecule has 1 aromatic rings. The van der Waals surface area contributed by atoms with E-state index < -0.39 is 0 Å². The molecule has 0 aliphatic heterocycles. The summed E-state index contributed by atoms with van der Waals surface area (Å²) in [5.41, 5.74) is 2.73. The molecule has 0 aliphatic rings. The fraction of sp³-hybridized carbons (Fsp3) is 0.538. The second kappa shape index (κ2) is 6.09. The molecule has 0 aliphatic carbocycles. The lowest BCUT2D eigenvalue weighted by Gasteiger charge is -2.18. The van der Waals surface area contributed by atoms with Gasteiger partial charge >= 0.3 is 0 Å². The van der Waals surface area contributed by atoms with E-state index >= 15 is 0 Å². The Morgan fingerprint density at radius 1 is 1.53 bits per heavy atom. The Kier molecular flexibility index (Phi) is 5.06. The molecule has 0 saturated carbocycles. The first-order valence-corrected chi connectivity index (χ1v) is 6.51. The summed E-state index contributed by atoms with van der Waals surface area (Å²) in [7, 11) is 0. The van der Waals surface area contributed by atoms with E-state index in [0.29, 0.717) is 6.04 Å². The molecule has 1 unspecified atom stereocenters. The molecule has 84 valence electrons. The van der Waals surface area contributed by atoms with Crippen LogP contribution in [0.3, 0.4) is 0 Å². The van der Waals surface area contributed by atoms with Crippen molar-refractivity contribution < 1.29 is 0 Å². The van der Waals surface area contributed by atoms with Crippen molar-refractivity contribution in [1.82, 2.24) is 5.32 Å². The Hall–Kier alpha value is -0.600. The van der Waals surface area contributed by atoms with Gasteiger partial charge in [-0.3, -0.25) is 0 Å². The van der Waals surface area contributed by atoms with Crippen LogP contribution in [0.25, 0.3) is 0 Å². The molecule has 0 aromatic carbocycles. The van der Waals surface area contributed by atoms with Crippen molar-refractivity contribution in [3.63, 3.8) is 0 Å². The van der Waals surface area contributed by atoms with Crippen molar-refractivity contribution in [2.24, 2.45) is 0 Å². The summed E-state index contributed by atoms with van der Waals surface area (Å²) in [6, 6.07) is 2.70. The smallest absolute Gasteiger partial charge is 0.0454 e. The zero-order chi connectivity index (χ0) is 11.3. The molecule has 2 heteroatoms. The van der Waals surface area contributed by atoms with Gasteiger partial charge < -0.3 is 5.32 Å². The van der Waals surface area contributed by atoms with Crippen LogP contribution < -0.4 is 5.32 Å². The number of nitrogens with one attached hydrogen (secondary N) is 1. The molecule has 1 N–H and O–H groups in total. The van der Waals surface area contributed by atoms with Gasteiger partial charge in [0.25, 0.3) is 0 Å². The Morgan fingerprint density at radius 3 is 2.80 bits per heavy atom. The predicted octanol–water partition coefficient (Wildman–Crippen LogP) is 3.93. The number of rotatable bonds is 6. The van der Waals surface area contributed by atoms with E-state index in [4.69, 9.17) is 0 Å². The van der Waals surface area contributed by atoms with Crippen molar-refractivity contribution in [2.45, 2.75) is 39.7 Å². The third kappa shape index (κ3) is 3.47. The summed E-state index contributed by atoms with van der Waals surface area (Å²) < 4.78 is 0. The maximum Gasteiger partial charge on any atom is 0.0454 e. The van der Waals surface area contributed by atoms with Crippen LogP contribution in [0.1, 0.15) is 43.7 Å². The molecule has 1 atom stereocenters. The van der Waals surface area contributed by atoms with E-state index in [0.717, 1.165) is 19.4 Å². The van der Waals surface area contributed by atoms with Crippen LogP contribution in [0.5, 0.6) is 0 Å². The van der Waals surface area contributed by atoms with E-state index in [1.807, 2.05) is 11.3 Å². The van der Waals surface area contributed by atoms with Crippen molar-refractivity contribution in [2.75, 3.05) is 6.54 Å². The average Bonchev–Trinajstić information content (AvgIpc) is 2.64. The lowest BCUT2D eigenvalue weighted by atomic mass is 10.0. The summed E-state index contributed by atoms with van der Waals surface area (Å²) in [4.78, 5) is 1.49. The highest BCUT2D eigenvalue weighted by Gasteiger charge is 2.14. The van der Waals surface area contributed by atoms with Crippen LogP contribution in [0.4, 0.5) is 0 Å². The molecule has 1 heterocycles. The largest absolute Gasteiger partial charge is 0.309 e. The molecule has 0 spiro atoms. The van der Waals surface area contributed by atoms with E-state index in [-0.39, 0.29) is 0 Å². The van der Waals surface area contributed by atoms with E-state index in [1.54, 1.807) is 0 Å². The van der Waals surface area contributed by atoms with Gasteiger partial charge in [0.05, 0.1) is 0 Å². The SMILES string of the molecule is C=C(C)CC(NCC)c1sccc1CC. The maximum atomic E-state index is 4.01. The van der Waals surface area contributed by atoms with Gasteiger partial charge in [-0.2, -0.15) is 0 Å². The Labute approximate surface area is 97.2 Å². The Bertz CT molecular complexity index is 314. The van der Waals surface area contributed by atoms with E-state index in [1.165, 1.54) is 16.0 Å². The van der Waals surface area contributed by atoms with Crippen molar-refractivity contribution in [3.8, 4) is 0 Å². The molecule has 1 aromatic heterocycles. The molecular formula is C13H21NS. The quantitative estimate of drug-likeness (QED) is 0.721. The number of hydrogen-bond donors (Lipinski definition) is 1. The van der Waals surface area contributed by atoms with Gasteiger partial charge in [0, 0.05) is 10.9 Å². The molecule has 1 rings (SSSR count). The maximum absolute atomic E-state index is 4.01. The second-order valence-electron chi connectivity index (χ2n) is 3.94. The minimum absolute atomic E-state index is 0.461. The molecule has 0 amide bonds. The van der Waals surface area contributed by atoms with E-state index in [2.05, 4.69) is 44.1 Å². The van der Waals surface area contributed by atoms with Crippen LogP contribution >= 0.6 is 11.3 Å². The van der Waals surface area contributed by atoms with E-state index in [9.17, 15) is 0 Å². The second-order valence-corrected chi connectivity index (χ2v) is 4.88. The lowest BCUT2D eigenvalue weighted by Crippen LogP contribution is -2.21. The fourth-order valence-electron chi connectivity index (χ4n) is 1.80. The van der Waals surface area contributed by atoms with Crippen molar-refractivity contribution in [3.05, 3.63) is 34.0 Å². The lowest BCUT2D eigenvalue weighted by molar-refractivity contribution is 0.553. The Balaban J connectivity index is 2.82. The summed E-state index contributed by atoms with van der Waals surface area (Å²) in [6.07, 6.45) is 2.16. The molecular weight excluding hydrogens is 202 g/mol. The molecule has 0 saturated heterocycles. The summed E-state index contributed by atoms with van der Waals surface area (Å²) >= 11 is 1.86. The summed E-state index contributed by atoms with van der Waals surface area (Å²) in [5, 5.41) is 5.73. The number of aryl methyl sites for hydroxylation is 1. The normalized spacial score (nSPS) is 12.7.